The molecule has 6 heteroatoms. The number of piperidine rings is 2. The molecule has 1 atom stereocenters. The quantitative estimate of drug-likeness (QED) is 0.790. The first-order chi connectivity index (χ1) is 9.59. The van der Waals surface area contributed by atoms with E-state index in [1.165, 1.54) is 23.6 Å². The molecular weight excluding hydrogens is 274 g/mol. The van der Waals surface area contributed by atoms with Crippen molar-refractivity contribution in [3.05, 3.63) is 0 Å². The fourth-order valence-electron chi connectivity index (χ4n) is 3.29. The molecular formula is C14H25N3O2S. The molecule has 0 aliphatic carbocycles. The summed E-state index contributed by atoms with van der Waals surface area (Å²) in [7, 11) is -3.42. The van der Waals surface area contributed by atoms with Gasteiger partial charge in [0.15, 0.2) is 5.25 Å². The van der Waals surface area contributed by atoms with Crippen LogP contribution in [0.5, 0.6) is 0 Å². The first-order valence-corrected chi connectivity index (χ1v) is 9.22. The van der Waals surface area contributed by atoms with Gasteiger partial charge in [-0.15, -0.1) is 0 Å². The average Bonchev–Trinajstić information content (AvgIpc) is 2.49. The van der Waals surface area contributed by atoms with E-state index in [9.17, 15) is 8.42 Å². The Morgan fingerprint density at radius 2 is 1.75 bits per heavy atom. The highest BCUT2D eigenvalue weighted by Gasteiger charge is 2.35. The Balaban J connectivity index is 1.92. The van der Waals surface area contributed by atoms with Gasteiger partial charge < -0.3 is 4.90 Å². The van der Waals surface area contributed by atoms with Gasteiger partial charge in [0, 0.05) is 19.1 Å². The lowest BCUT2D eigenvalue weighted by molar-refractivity contribution is 0.117. The molecule has 2 rings (SSSR count). The molecule has 2 aliphatic rings. The van der Waals surface area contributed by atoms with Crippen LogP contribution in [0.4, 0.5) is 0 Å². The van der Waals surface area contributed by atoms with Gasteiger partial charge >= 0.3 is 0 Å². The van der Waals surface area contributed by atoms with Gasteiger partial charge in [0.05, 0.1) is 6.07 Å². The van der Waals surface area contributed by atoms with Gasteiger partial charge in [0.2, 0.25) is 10.0 Å². The van der Waals surface area contributed by atoms with Crippen molar-refractivity contribution in [1.29, 1.82) is 5.26 Å². The number of rotatable bonds is 4. The topological polar surface area (TPSA) is 64.4 Å². The Morgan fingerprint density at radius 3 is 2.25 bits per heavy atom. The van der Waals surface area contributed by atoms with Crippen LogP contribution in [0, 0.1) is 11.3 Å². The minimum Gasteiger partial charge on any atom is -0.300 e. The molecule has 0 saturated carbocycles. The van der Waals surface area contributed by atoms with Gasteiger partial charge in [-0.2, -0.15) is 5.26 Å². The predicted octanol–water partition coefficient (Wildman–Crippen LogP) is 1.57. The van der Waals surface area contributed by atoms with Crippen molar-refractivity contribution in [2.45, 2.75) is 56.7 Å². The fourth-order valence-corrected chi connectivity index (χ4v) is 4.93. The maximum absolute atomic E-state index is 12.3. The molecule has 0 bridgehead atoms. The van der Waals surface area contributed by atoms with Crippen LogP contribution < -0.4 is 0 Å². The van der Waals surface area contributed by atoms with Gasteiger partial charge in [-0.1, -0.05) is 13.3 Å². The molecule has 5 nitrogen and oxygen atoms in total. The Hall–Kier alpha value is -0.640. The van der Waals surface area contributed by atoms with Crippen LogP contribution in [0.2, 0.25) is 0 Å². The highest BCUT2D eigenvalue weighted by Crippen LogP contribution is 2.24. The maximum Gasteiger partial charge on any atom is 0.230 e. The predicted molar refractivity (Wildman–Crippen MR) is 78.6 cm³/mol. The molecule has 0 radical (unpaired) electrons. The molecule has 2 saturated heterocycles. The summed E-state index contributed by atoms with van der Waals surface area (Å²) < 4.78 is 26.2. The molecule has 0 aromatic heterocycles. The molecule has 0 aromatic rings. The van der Waals surface area contributed by atoms with Crippen LogP contribution in [-0.4, -0.2) is 55.1 Å². The van der Waals surface area contributed by atoms with E-state index in [0.29, 0.717) is 25.6 Å². The Morgan fingerprint density at radius 1 is 1.15 bits per heavy atom. The number of likely N-dealkylation sites (tertiary alicyclic amines) is 1. The Labute approximate surface area is 122 Å². The van der Waals surface area contributed by atoms with Crippen molar-refractivity contribution in [1.82, 2.24) is 9.21 Å². The molecule has 2 aliphatic heterocycles. The van der Waals surface area contributed by atoms with E-state index < -0.39 is 15.3 Å². The molecule has 114 valence electrons. The monoisotopic (exact) mass is 299 g/mol. The lowest BCUT2D eigenvalue weighted by Gasteiger charge is -2.40. The van der Waals surface area contributed by atoms with Crippen molar-refractivity contribution >= 4 is 10.0 Å². The first kappa shape index (κ1) is 15.7. The summed E-state index contributed by atoms with van der Waals surface area (Å²) in [6.07, 6.45) is 6.03. The maximum atomic E-state index is 12.3. The van der Waals surface area contributed by atoms with E-state index in [1.54, 1.807) is 6.92 Å². The highest BCUT2D eigenvalue weighted by molar-refractivity contribution is 7.90. The first-order valence-electron chi connectivity index (χ1n) is 7.72. The molecule has 0 amide bonds. The number of nitriles is 1. The Kier molecular flexibility index (Phi) is 5.42. The second-order valence-electron chi connectivity index (χ2n) is 5.80. The lowest BCUT2D eigenvalue weighted by atomic mass is 10.0. The zero-order valence-corrected chi connectivity index (χ0v) is 13.1. The number of hydrogen-bond acceptors (Lipinski definition) is 4. The third kappa shape index (κ3) is 3.33. The molecule has 2 heterocycles. The van der Waals surface area contributed by atoms with Gasteiger partial charge in [-0.05, 0) is 45.2 Å². The summed E-state index contributed by atoms with van der Waals surface area (Å²) in [5.41, 5.74) is 0. The van der Waals surface area contributed by atoms with Crippen LogP contribution in [0.3, 0.4) is 0 Å². The Bertz CT molecular complexity index is 444. The molecule has 20 heavy (non-hydrogen) atoms. The zero-order chi connectivity index (χ0) is 14.6. The summed E-state index contributed by atoms with van der Waals surface area (Å²) >= 11 is 0. The van der Waals surface area contributed by atoms with E-state index in [2.05, 4.69) is 4.90 Å². The van der Waals surface area contributed by atoms with Crippen molar-refractivity contribution in [2.75, 3.05) is 26.2 Å². The van der Waals surface area contributed by atoms with Crippen molar-refractivity contribution < 1.29 is 8.42 Å². The van der Waals surface area contributed by atoms with Crippen molar-refractivity contribution in [3.8, 4) is 6.07 Å². The van der Waals surface area contributed by atoms with Gasteiger partial charge in [-0.25, -0.2) is 12.7 Å². The van der Waals surface area contributed by atoms with Crippen LogP contribution in [0.1, 0.15) is 45.4 Å². The van der Waals surface area contributed by atoms with E-state index in [-0.39, 0.29) is 0 Å². The SMILES string of the molecule is CCC(C#N)S(=O)(=O)N1CCC(N2CCCCC2)CC1. The fraction of sp³-hybridized carbons (Fsp3) is 0.929. The minimum absolute atomic E-state index is 0.366. The van der Waals surface area contributed by atoms with Crippen LogP contribution in [0.25, 0.3) is 0 Å². The summed E-state index contributed by atoms with van der Waals surface area (Å²) in [5, 5.41) is 8.10. The minimum atomic E-state index is -3.42. The summed E-state index contributed by atoms with van der Waals surface area (Å²) in [5.74, 6) is 0. The van der Waals surface area contributed by atoms with E-state index in [0.717, 1.165) is 25.9 Å². The van der Waals surface area contributed by atoms with Crippen LogP contribution in [-0.2, 0) is 10.0 Å². The van der Waals surface area contributed by atoms with Gasteiger partial charge in [0.25, 0.3) is 0 Å². The van der Waals surface area contributed by atoms with E-state index in [1.807, 2.05) is 6.07 Å². The standard InChI is InChI=1S/C14H25N3O2S/c1-2-14(12-15)20(18,19)17-10-6-13(7-11-17)16-8-4-3-5-9-16/h13-14H,2-11H2,1H3. The summed E-state index contributed by atoms with van der Waals surface area (Å²) in [6, 6.07) is 2.46. The van der Waals surface area contributed by atoms with Crippen molar-refractivity contribution in [3.63, 3.8) is 0 Å². The summed E-state index contributed by atoms with van der Waals surface area (Å²) in [6.45, 7) is 5.22. The van der Waals surface area contributed by atoms with E-state index >= 15 is 0 Å². The van der Waals surface area contributed by atoms with Crippen LogP contribution >= 0.6 is 0 Å². The highest BCUT2D eigenvalue weighted by atomic mass is 32.2. The second-order valence-corrected chi connectivity index (χ2v) is 7.91. The third-order valence-corrected chi connectivity index (χ3v) is 6.81. The van der Waals surface area contributed by atoms with E-state index in [4.69, 9.17) is 5.26 Å². The van der Waals surface area contributed by atoms with Gasteiger partial charge in [-0.3, -0.25) is 0 Å². The zero-order valence-electron chi connectivity index (χ0n) is 12.3. The molecule has 0 aromatic carbocycles. The van der Waals surface area contributed by atoms with Crippen molar-refractivity contribution in [2.24, 2.45) is 0 Å². The van der Waals surface area contributed by atoms with Crippen LogP contribution in [0.15, 0.2) is 0 Å². The smallest absolute Gasteiger partial charge is 0.230 e. The second kappa shape index (κ2) is 6.88. The van der Waals surface area contributed by atoms with Gasteiger partial charge in [0.1, 0.15) is 0 Å². The average molecular weight is 299 g/mol. The number of sulfonamides is 1. The molecule has 0 spiro atoms. The third-order valence-electron chi connectivity index (χ3n) is 4.56. The number of hydrogen-bond donors (Lipinski definition) is 0. The molecule has 0 N–H and O–H groups in total. The lowest BCUT2D eigenvalue weighted by Crippen LogP contribution is -2.49. The largest absolute Gasteiger partial charge is 0.300 e. The molecule has 1 unspecified atom stereocenters. The molecule has 2 fully saturated rings. The summed E-state index contributed by atoms with van der Waals surface area (Å²) in [4.78, 5) is 2.52. The normalized spacial score (nSPS) is 25.2. The number of nitrogens with zero attached hydrogens (tertiary/aromatic N) is 3.